The topological polar surface area (TPSA) is 47.9 Å². The van der Waals surface area contributed by atoms with Gasteiger partial charge in [-0.3, -0.25) is 0 Å². The standard InChI is InChI=1S/C15H17NO3/c1-10(2)7-14-16-13(15(17)19-14)9-11-5-4-6-12(8-11)18-3/h4-6,8-10H,7H2,1-3H3/b13-9+. The maximum Gasteiger partial charge on any atom is 0.363 e. The van der Waals surface area contributed by atoms with Crippen LogP contribution in [0.4, 0.5) is 0 Å². The van der Waals surface area contributed by atoms with Gasteiger partial charge in [-0.2, -0.15) is 0 Å². The average Bonchev–Trinajstić information content (AvgIpc) is 2.69. The fourth-order valence-electron chi connectivity index (χ4n) is 1.78. The number of hydrogen-bond acceptors (Lipinski definition) is 4. The second-order valence-electron chi connectivity index (χ2n) is 4.80. The molecule has 0 amide bonds. The molecule has 4 nitrogen and oxygen atoms in total. The fourth-order valence-corrected chi connectivity index (χ4v) is 1.78. The number of aliphatic imine (C=N–C) groups is 1. The van der Waals surface area contributed by atoms with Gasteiger partial charge in [0.25, 0.3) is 0 Å². The number of hydrogen-bond donors (Lipinski definition) is 0. The summed E-state index contributed by atoms with van der Waals surface area (Å²) < 4.78 is 10.3. The van der Waals surface area contributed by atoms with Crippen LogP contribution in [-0.4, -0.2) is 19.0 Å². The van der Waals surface area contributed by atoms with E-state index in [0.29, 0.717) is 23.9 Å². The summed E-state index contributed by atoms with van der Waals surface area (Å²) in [5.74, 6) is 1.25. The predicted octanol–water partition coefficient (Wildman–Crippen LogP) is 3.04. The van der Waals surface area contributed by atoms with Gasteiger partial charge in [-0.25, -0.2) is 9.79 Å². The van der Waals surface area contributed by atoms with Crippen molar-refractivity contribution in [3.8, 4) is 5.75 Å². The van der Waals surface area contributed by atoms with E-state index in [-0.39, 0.29) is 0 Å². The Labute approximate surface area is 112 Å². The molecule has 0 aliphatic carbocycles. The van der Waals surface area contributed by atoms with Gasteiger partial charge in [0, 0.05) is 6.42 Å². The number of carbonyl (C=O) groups excluding carboxylic acids is 1. The molecule has 1 aromatic rings. The molecule has 0 atom stereocenters. The minimum absolute atomic E-state index is 0.337. The first kappa shape index (κ1) is 13.3. The quantitative estimate of drug-likeness (QED) is 0.616. The summed E-state index contributed by atoms with van der Waals surface area (Å²) in [6, 6.07) is 7.45. The number of rotatable bonds is 4. The number of carbonyl (C=O) groups is 1. The van der Waals surface area contributed by atoms with Gasteiger partial charge in [0.05, 0.1) is 7.11 Å². The van der Waals surface area contributed by atoms with Crippen molar-refractivity contribution in [2.24, 2.45) is 10.9 Å². The molecule has 0 unspecified atom stereocenters. The van der Waals surface area contributed by atoms with E-state index in [0.717, 1.165) is 11.3 Å². The minimum atomic E-state index is -0.390. The Balaban J connectivity index is 2.22. The zero-order valence-electron chi connectivity index (χ0n) is 11.3. The largest absolute Gasteiger partial charge is 0.497 e. The lowest BCUT2D eigenvalue weighted by atomic mass is 10.1. The first-order chi connectivity index (χ1) is 9.08. The summed E-state index contributed by atoms with van der Waals surface area (Å²) in [6.07, 6.45) is 2.37. The lowest BCUT2D eigenvalue weighted by Crippen LogP contribution is -2.06. The Morgan fingerprint density at radius 3 is 2.89 bits per heavy atom. The lowest BCUT2D eigenvalue weighted by Gasteiger charge is -2.01. The smallest absolute Gasteiger partial charge is 0.363 e. The van der Waals surface area contributed by atoms with Gasteiger partial charge < -0.3 is 9.47 Å². The van der Waals surface area contributed by atoms with Gasteiger partial charge in [0.1, 0.15) is 5.75 Å². The van der Waals surface area contributed by atoms with Crippen LogP contribution in [0.2, 0.25) is 0 Å². The summed E-state index contributed by atoms with van der Waals surface area (Å²) in [7, 11) is 1.61. The van der Waals surface area contributed by atoms with Gasteiger partial charge in [-0.1, -0.05) is 26.0 Å². The molecule has 1 heterocycles. The van der Waals surface area contributed by atoms with Crippen LogP contribution in [0.15, 0.2) is 35.0 Å². The van der Waals surface area contributed by atoms with E-state index in [2.05, 4.69) is 18.8 Å². The number of ether oxygens (including phenoxy) is 2. The van der Waals surface area contributed by atoms with E-state index in [1.165, 1.54) is 0 Å². The maximum absolute atomic E-state index is 11.7. The van der Waals surface area contributed by atoms with Crippen molar-refractivity contribution in [3.05, 3.63) is 35.5 Å². The van der Waals surface area contributed by atoms with E-state index in [1.807, 2.05) is 24.3 Å². The summed E-state index contributed by atoms with van der Waals surface area (Å²) in [4.78, 5) is 15.9. The molecule has 0 bridgehead atoms. The molecule has 2 rings (SSSR count). The third kappa shape index (κ3) is 3.44. The van der Waals surface area contributed by atoms with Crippen LogP contribution in [0.5, 0.6) is 5.75 Å². The molecule has 0 N–H and O–H groups in total. The Morgan fingerprint density at radius 1 is 1.42 bits per heavy atom. The van der Waals surface area contributed by atoms with Gasteiger partial charge in [-0.05, 0) is 29.7 Å². The van der Waals surface area contributed by atoms with Gasteiger partial charge in [-0.15, -0.1) is 0 Å². The second kappa shape index (κ2) is 5.69. The number of methoxy groups -OCH3 is 1. The molecule has 1 aliphatic heterocycles. The van der Waals surface area contributed by atoms with Crippen molar-refractivity contribution in [3.63, 3.8) is 0 Å². The number of cyclic esters (lactones) is 1. The van der Waals surface area contributed by atoms with Crippen LogP contribution in [-0.2, 0) is 9.53 Å². The van der Waals surface area contributed by atoms with Crippen molar-refractivity contribution in [2.75, 3.05) is 7.11 Å². The SMILES string of the molecule is COc1cccc(/C=C2/N=C(CC(C)C)OC2=O)c1. The highest BCUT2D eigenvalue weighted by molar-refractivity contribution is 6.07. The lowest BCUT2D eigenvalue weighted by molar-refractivity contribution is -0.130. The molecule has 0 radical (unpaired) electrons. The summed E-state index contributed by atoms with van der Waals surface area (Å²) in [5.41, 5.74) is 1.20. The third-order valence-corrected chi connectivity index (χ3v) is 2.64. The molecule has 1 aromatic carbocycles. The van der Waals surface area contributed by atoms with E-state index < -0.39 is 5.97 Å². The number of benzene rings is 1. The van der Waals surface area contributed by atoms with Crippen molar-refractivity contribution in [1.82, 2.24) is 0 Å². The van der Waals surface area contributed by atoms with E-state index in [1.54, 1.807) is 13.2 Å². The molecule has 1 aliphatic rings. The van der Waals surface area contributed by atoms with Crippen molar-refractivity contribution in [2.45, 2.75) is 20.3 Å². The molecule has 100 valence electrons. The number of nitrogens with zero attached hydrogens (tertiary/aromatic N) is 1. The van der Waals surface area contributed by atoms with Crippen LogP contribution in [0.25, 0.3) is 6.08 Å². The Morgan fingerprint density at radius 2 is 2.21 bits per heavy atom. The van der Waals surface area contributed by atoms with E-state index >= 15 is 0 Å². The highest BCUT2D eigenvalue weighted by Crippen LogP contribution is 2.20. The summed E-state index contributed by atoms with van der Waals surface area (Å²) in [6.45, 7) is 4.11. The molecule has 19 heavy (non-hydrogen) atoms. The number of esters is 1. The Hall–Kier alpha value is -2.10. The van der Waals surface area contributed by atoms with Crippen molar-refractivity contribution >= 4 is 17.9 Å². The Kier molecular flexibility index (Phi) is 4.00. The van der Waals surface area contributed by atoms with Gasteiger partial charge in [0.15, 0.2) is 11.6 Å². The molecule has 0 aromatic heterocycles. The van der Waals surface area contributed by atoms with E-state index in [9.17, 15) is 4.79 Å². The Bertz CT molecular complexity index is 544. The zero-order valence-corrected chi connectivity index (χ0v) is 11.3. The average molecular weight is 259 g/mol. The summed E-state index contributed by atoms with van der Waals surface area (Å²) in [5, 5.41) is 0. The monoisotopic (exact) mass is 259 g/mol. The van der Waals surface area contributed by atoms with Crippen LogP contribution in [0, 0.1) is 5.92 Å². The summed E-state index contributed by atoms with van der Waals surface area (Å²) >= 11 is 0. The minimum Gasteiger partial charge on any atom is -0.497 e. The normalized spacial score (nSPS) is 16.7. The first-order valence-corrected chi connectivity index (χ1v) is 6.24. The zero-order chi connectivity index (χ0) is 13.8. The highest BCUT2D eigenvalue weighted by atomic mass is 16.6. The van der Waals surface area contributed by atoms with Gasteiger partial charge >= 0.3 is 5.97 Å². The van der Waals surface area contributed by atoms with E-state index in [4.69, 9.17) is 9.47 Å². The molecule has 4 heteroatoms. The molecule has 0 saturated heterocycles. The predicted molar refractivity (Wildman–Crippen MR) is 74.0 cm³/mol. The van der Waals surface area contributed by atoms with Crippen LogP contribution < -0.4 is 4.74 Å². The molecule has 0 saturated carbocycles. The van der Waals surface area contributed by atoms with Crippen LogP contribution in [0.3, 0.4) is 0 Å². The molecule has 0 spiro atoms. The second-order valence-corrected chi connectivity index (χ2v) is 4.80. The van der Waals surface area contributed by atoms with Crippen LogP contribution in [0.1, 0.15) is 25.8 Å². The first-order valence-electron chi connectivity index (χ1n) is 6.24. The van der Waals surface area contributed by atoms with Crippen LogP contribution >= 0.6 is 0 Å². The highest BCUT2D eigenvalue weighted by Gasteiger charge is 2.23. The van der Waals surface area contributed by atoms with Crippen molar-refractivity contribution in [1.29, 1.82) is 0 Å². The maximum atomic E-state index is 11.7. The fraction of sp³-hybridized carbons (Fsp3) is 0.333. The van der Waals surface area contributed by atoms with Crippen molar-refractivity contribution < 1.29 is 14.3 Å². The molecule has 0 fully saturated rings. The van der Waals surface area contributed by atoms with Gasteiger partial charge in [0.2, 0.25) is 0 Å². The molecular formula is C15H17NO3. The third-order valence-electron chi connectivity index (χ3n) is 2.64. The molecular weight excluding hydrogens is 242 g/mol.